The van der Waals surface area contributed by atoms with Crippen LogP contribution >= 0.6 is 0 Å². The summed E-state index contributed by atoms with van der Waals surface area (Å²) in [6.45, 7) is 1.66. The third-order valence-electron chi connectivity index (χ3n) is 22.7. The number of hydrogen-bond acceptors (Lipinski definition) is 18. The van der Waals surface area contributed by atoms with Crippen LogP contribution in [0.3, 0.4) is 0 Å². The van der Waals surface area contributed by atoms with E-state index >= 15 is 0 Å². The van der Waals surface area contributed by atoms with Crippen molar-refractivity contribution in [3.63, 3.8) is 0 Å². The number of rotatable bonds is 76. The van der Waals surface area contributed by atoms with Crippen LogP contribution in [0.1, 0.15) is 354 Å². The van der Waals surface area contributed by atoms with Crippen LogP contribution in [-0.4, -0.2) is 193 Å². The van der Waals surface area contributed by atoms with Crippen LogP contribution in [0.25, 0.3) is 0 Å². The monoisotopic (exact) mass is 1660 g/mol. The number of carbonyl (C=O) groups excluding carboxylic acids is 1. The van der Waals surface area contributed by atoms with Gasteiger partial charge in [-0.1, -0.05) is 385 Å². The predicted molar refractivity (Wildman–Crippen MR) is 480 cm³/mol. The number of ether oxygens (including phenoxy) is 6. The lowest BCUT2D eigenvalue weighted by atomic mass is 9.96. The lowest BCUT2D eigenvalue weighted by Crippen LogP contribution is -2.66. The quantitative estimate of drug-likeness (QED) is 0.0199. The molecule has 3 fully saturated rings. The first-order valence-corrected chi connectivity index (χ1v) is 47.4. The minimum Gasteiger partial charge on any atom is -0.394 e. The Hall–Kier alpha value is -4.07. The van der Waals surface area contributed by atoms with E-state index in [2.05, 4.69) is 141 Å². The van der Waals surface area contributed by atoms with E-state index in [-0.39, 0.29) is 18.9 Å². The Morgan fingerprint density at radius 3 is 0.915 bits per heavy atom. The second kappa shape index (κ2) is 76.6. The number of aliphatic hydroxyl groups excluding tert-OH is 11. The molecule has 0 aliphatic carbocycles. The first kappa shape index (κ1) is 108. The molecular formula is C99H171NO18. The molecule has 680 valence electrons. The molecule has 3 saturated heterocycles. The SMILES string of the molecule is CC/C=C\C/C=C\C/C=C\C/C=C\C/C=C\C/C=C\C/C=C\C/C=C\C/C=C\C/C=C\CCCCCCCCCCCCC(=O)NC(COC1OC(CO)C(OC2OC(CO)C(OC3OC(CO)C(O)C(O)C3O)C(O)C2O)C(O)C1O)C(O)/C=C/CCCCCCCCCCCCCCCCCCCCCCCCCCCCCCCC. The molecule has 0 aromatic heterocycles. The average Bonchev–Trinajstić information content (AvgIpc) is 0.777. The molecule has 118 heavy (non-hydrogen) atoms. The molecule has 0 radical (unpaired) electrons. The second-order valence-corrected chi connectivity index (χ2v) is 33.1. The van der Waals surface area contributed by atoms with E-state index in [1.165, 1.54) is 205 Å². The number of hydrogen-bond donors (Lipinski definition) is 12. The molecule has 3 aliphatic rings. The average molecular weight is 1660 g/mol. The summed E-state index contributed by atoms with van der Waals surface area (Å²) < 4.78 is 34.5. The van der Waals surface area contributed by atoms with Crippen molar-refractivity contribution in [3.8, 4) is 0 Å². The molecule has 0 aromatic carbocycles. The molecule has 17 unspecified atom stereocenters. The van der Waals surface area contributed by atoms with E-state index in [0.717, 1.165) is 122 Å². The summed E-state index contributed by atoms with van der Waals surface area (Å²) in [7, 11) is 0. The fraction of sp³-hybridized carbons (Fsp3) is 0.768. The molecule has 0 spiro atoms. The van der Waals surface area contributed by atoms with Gasteiger partial charge >= 0.3 is 0 Å². The minimum absolute atomic E-state index is 0.231. The summed E-state index contributed by atoms with van der Waals surface area (Å²) in [5.41, 5.74) is 0. The van der Waals surface area contributed by atoms with E-state index in [1.54, 1.807) is 6.08 Å². The summed E-state index contributed by atoms with van der Waals surface area (Å²) >= 11 is 0. The molecule has 12 N–H and O–H groups in total. The first-order valence-electron chi connectivity index (χ1n) is 47.4. The van der Waals surface area contributed by atoms with Crippen LogP contribution in [-0.2, 0) is 33.2 Å². The van der Waals surface area contributed by atoms with Gasteiger partial charge in [0.15, 0.2) is 18.9 Å². The van der Waals surface area contributed by atoms with Gasteiger partial charge in [0.25, 0.3) is 0 Å². The smallest absolute Gasteiger partial charge is 0.220 e. The molecule has 1 amide bonds. The van der Waals surface area contributed by atoms with Gasteiger partial charge in [-0.05, 0) is 96.3 Å². The zero-order valence-electron chi connectivity index (χ0n) is 73.6. The van der Waals surface area contributed by atoms with Crippen LogP contribution in [0.5, 0.6) is 0 Å². The highest BCUT2D eigenvalue weighted by molar-refractivity contribution is 5.76. The maximum absolute atomic E-state index is 13.5. The highest BCUT2D eigenvalue weighted by Gasteiger charge is 2.54. The summed E-state index contributed by atoms with van der Waals surface area (Å²) in [4.78, 5) is 13.5. The van der Waals surface area contributed by atoms with Crippen LogP contribution in [0.2, 0.25) is 0 Å². The van der Waals surface area contributed by atoms with E-state index in [0.29, 0.717) is 6.42 Å². The van der Waals surface area contributed by atoms with Gasteiger partial charge in [0.05, 0.1) is 38.6 Å². The molecule has 0 saturated carbocycles. The van der Waals surface area contributed by atoms with Crippen molar-refractivity contribution in [3.05, 3.63) is 134 Å². The van der Waals surface area contributed by atoms with Gasteiger partial charge in [0.2, 0.25) is 5.91 Å². The number of amides is 1. The van der Waals surface area contributed by atoms with Crippen LogP contribution in [0.15, 0.2) is 134 Å². The number of allylic oxidation sites excluding steroid dienone is 21. The molecule has 19 heteroatoms. The van der Waals surface area contributed by atoms with Gasteiger partial charge < -0.3 is 89.9 Å². The Morgan fingerprint density at radius 2 is 0.585 bits per heavy atom. The Balaban J connectivity index is 1.32. The van der Waals surface area contributed by atoms with E-state index in [9.17, 15) is 61.0 Å². The standard InChI is InChI=1S/C99H171NO18/c1-3-5-7-9-11-13-15-17-19-21-23-25-27-29-31-33-35-37-38-39-40-41-42-43-44-45-47-49-51-53-55-57-59-61-63-65-67-69-71-73-75-77-87(105)100-82(83(104)76-74-72-70-68-66-64-62-60-58-56-54-52-50-48-46-36-34-32-30-28-26-24-22-20-18-16-14-12-10-8-6-4-2)81-113-97-93(111)90(108)95(85(79-102)115-97)118-99-94(112)91(109)96(86(80-103)116-99)117-98-92(110)89(107)88(106)84(78-101)114-98/h5,7,11,13,17,19,23,25,29,31,35,37,39-40,42-43,45,47,51,53,74,76,82-86,88-99,101-104,106-112H,3-4,6,8-10,12,14-16,18,20-22,24,26-28,30,32-34,36,38,41,44,46,48-50,52,54-73,75,77-81H2,1-2H3,(H,100,105)/b7-5-,13-11-,19-17-,25-23-,31-29-,37-35-,40-39-,43-42-,47-45-,53-51-,76-74+. The van der Waals surface area contributed by atoms with E-state index in [1.807, 2.05) is 6.08 Å². The molecule has 3 heterocycles. The van der Waals surface area contributed by atoms with Gasteiger partial charge in [-0.25, -0.2) is 0 Å². The number of unbranched alkanes of at least 4 members (excludes halogenated alkanes) is 40. The summed E-state index contributed by atoms with van der Waals surface area (Å²) in [5, 5.41) is 121. The summed E-state index contributed by atoms with van der Waals surface area (Å²) in [6, 6.07) is -0.987. The van der Waals surface area contributed by atoms with Crippen molar-refractivity contribution in [2.24, 2.45) is 0 Å². The van der Waals surface area contributed by atoms with Gasteiger partial charge in [-0.2, -0.15) is 0 Å². The van der Waals surface area contributed by atoms with Gasteiger partial charge in [0.1, 0.15) is 73.2 Å². The fourth-order valence-electron chi connectivity index (χ4n) is 15.2. The van der Waals surface area contributed by atoms with Crippen LogP contribution < -0.4 is 5.32 Å². The lowest BCUT2D eigenvalue weighted by molar-refractivity contribution is -0.379. The highest BCUT2D eigenvalue weighted by atomic mass is 16.8. The van der Waals surface area contributed by atoms with E-state index < -0.39 is 124 Å². The number of nitrogens with one attached hydrogen (secondary N) is 1. The van der Waals surface area contributed by atoms with Gasteiger partial charge in [-0.3, -0.25) is 4.79 Å². The van der Waals surface area contributed by atoms with Crippen molar-refractivity contribution < 1.29 is 89.4 Å². The van der Waals surface area contributed by atoms with Crippen molar-refractivity contribution in [1.29, 1.82) is 0 Å². The van der Waals surface area contributed by atoms with Crippen molar-refractivity contribution in [2.75, 3.05) is 26.4 Å². The Bertz CT molecular complexity index is 2650. The largest absolute Gasteiger partial charge is 0.394 e. The minimum atomic E-state index is -1.99. The molecule has 3 aliphatic heterocycles. The van der Waals surface area contributed by atoms with Gasteiger partial charge in [-0.15, -0.1) is 0 Å². The Morgan fingerprint density at radius 1 is 0.314 bits per heavy atom. The molecular weight excluding hydrogens is 1490 g/mol. The number of carbonyl (C=O) groups is 1. The fourth-order valence-corrected chi connectivity index (χ4v) is 15.2. The third kappa shape index (κ3) is 53.8. The third-order valence-corrected chi connectivity index (χ3v) is 22.7. The van der Waals surface area contributed by atoms with Crippen molar-refractivity contribution in [2.45, 2.75) is 458 Å². The second-order valence-electron chi connectivity index (χ2n) is 33.1. The first-order chi connectivity index (χ1) is 57.8. The predicted octanol–water partition coefficient (Wildman–Crippen LogP) is 19.1. The zero-order chi connectivity index (χ0) is 85.2. The highest BCUT2D eigenvalue weighted by Crippen LogP contribution is 2.34. The summed E-state index contributed by atoms with van der Waals surface area (Å²) in [6.07, 6.45) is 84.5. The maximum atomic E-state index is 13.5. The molecule has 17 atom stereocenters. The topological polar surface area (TPSA) is 307 Å². The zero-order valence-corrected chi connectivity index (χ0v) is 73.6. The Kier molecular flexibility index (Phi) is 70.2. The van der Waals surface area contributed by atoms with Crippen molar-refractivity contribution in [1.82, 2.24) is 5.32 Å². The maximum Gasteiger partial charge on any atom is 0.220 e. The number of aliphatic hydroxyl groups is 11. The molecule has 0 bridgehead atoms. The van der Waals surface area contributed by atoms with Crippen molar-refractivity contribution >= 4 is 5.91 Å². The molecule has 3 rings (SSSR count). The summed E-state index contributed by atoms with van der Waals surface area (Å²) in [5.74, 6) is -0.281. The molecule has 19 nitrogen and oxygen atoms in total. The van der Waals surface area contributed by atoms with Gasteiger partial charge in [0, 0.05) is 6.42 Å². The lowest BCUT2D eigenvalue weighted by Gasteiger charge is -2.48. The Labute approximate surface area is 715 Å². The van der Waals surface area contributed by atoms with E-state index in [4.69, 9.17) is 28.4 Å². The molecule has 0 aromatic rings. The van der Waals surface area contributed by atoms with Crippen LogP contribution in [0.4, 0.5) is 0 Å². The normalized spacial score (nSPS) is 24.9. The van der Waals surface area contributed by atoms with Crippen LogP contribution in [0, 0.1) is 0 Å².